The fourth-order valence-corrected chi connectivity index (χ4v) is 3.95. The van der Waals surface area contributed by atoms with Crippen LogP contribution in [-0.2, 0) is 28.6 Å². The molecule has 1 N–H and O–H groups in total. The largest absolute Gasteiger partial charge is 0.469 e. The Kier molecular flexibility index (Phi) is 9.12. The van der Waals surface area contributed by atoms with Gasteiger partial charge in [-0.25, -0.2) is 9.59 Å². The van der Waals surface area contributed by atoms with E-state index in [9.17, 15) is 19.2 Å². The number of nitrogens with zero attached hydrogens (tertiary/aromatic N) is 1. The van der Waals surface area contributed by atoms with Gasteiger partial charge in [-0.1, -0.05) is 13.8 Å². The lowest BCUT2D eigenvalue weighted by molar-refractivity contribution is -0.160. The van der Waals surface area contributed by atoms with Gasteiger partial charge in [-0.15, -0.1) is 0 Å². The minimum atomic E-state index is -1.05. The van der Waals surface area contributed by atoms with E-state index >= 15 is 0 Å². The van der Waals surface area contributed by atoms with E-state index in [2.05, 4.69) is 5.32 Å². The van der Waals surface area contributed by atoms with Gasteiger partial charge >= 0.3 is 18.0 Å². The number of likely N-dealkylation sites (tertiary alicyclic amines) is 1. The maximum Gasteiger partial charge on any atom is 0.411 e. The summed E-state index contributed by atoms with van der Waals surface area (Å²) >= 11 is 0. The molecule has 1 unspecified atom stereocenters. The van der Waals surface area contributed by atoms with E-state index in [1.54, 1.807) is 41.5 Å². The zero-order chi connectivity index (χ0) is 25.0. The maximum atomic E-state index is 13.3. The van der Waals surface area contributed by atoms with Crippen LogP contribution in [0.1, 0.15) is 75.2 Å². The third-order valence-electron chi connectivity index (χ3n) is 4.86. The Morgan fingerprint density at radius 1 is 0.969 bits per heavy atom. The van der Waals surface area contributed by atoms with Gasteiger partial charge in [0.05, 0.1) is 25.1 Å². The quantitative estimate of drug-likeness (QED) is 0.483. The van der Waals surface area contributed by atoms with Gasteiger partial charge < -0.3 is 19.5 Å². The topological polar surface area (TPSA) is 111 Å². The van der Waals surface area contributed by atoms with Crippen molar-refractivity contribution in [2.75, 3.05) is 7.11 Å². The number of methoxy groups -OCH3 is 1. The molecule has 0 bridgehead atoms. The van der Waals surface area contributed by atoms with Crippen LogP contribution in [0.4, 0.5) is 4.79 Å². The van der Waals surface area contributed by atoms with Gasteiger partial charge in [0.25, 0.3) is 0 Å². The van der Waals surface area contributed by atoms with Gasteiger partial charge in [0.1, 0.15) is 17.2 Å². The highest BCUT2D eigenvalue weighted by molar-refractivity contribution is 5.86. The molecule has 9 nitrogen and oxygen atoms in total. The summed E-state index contributed by atoms with van der Waals surface area (Å²) in [5.41, 5.74) is -1.62. The number of amides is 2. The Labute approximate surface area is 191 Å². The zero-order valence-corrected chi connectivity index (χ0v) is 21.1. The number of rotatable bonds is 6. The van der Waals surface area contributed by atoms with Crippen molar-refractivity contribution >= 4 is 23.9 Å². The van der Waals surface area contributed by atoms with Crippen molar-refractivity contribution in [2.24, 2.45) is 11.8 Å². The number of nitrogens with one attached hydrogen (secondary N) is 1. The zero-order valence-electron chi connectivity index (χ0n) is 21.1. The van der Waals surface area contributed by atoms with E-state index in [-0.39, 0.29) is 18.2 Å². The molecule has 0 aromatic carbocycles. The Morgan fingerprint density at radius 2 is 1.50 bits per heavy atom. The molecule has 1 saturated heterocycles. The summed E-state index contributed by atoms with van der Waals surface area (Å²) in [7, 11) is 1.26. The van der Waals surface area contributed by atoms with Crippen LogP contribution in [0.3, 0.4) is 0 Å². The minimum absolute atomic E-state index is 0.0136. The van der Waals surface area contributed by atoms with E-state index < -0.39 is 53.3 Å². The molecule has 1 rings (SSSR count). The lowest BCUT2D eigenvalue weighted by Crippen LogP contribution is -2.57. The monoisotopic (exact) mass is 456 g/mol. The maximum absolute atomic E-state index is 13.3. The molecular formula is C23H40N2O7. The molecule has 0 aromatic heterocycles. The van der Waals surface area contributed by atoms with Gasteiger partial charge in [-0.05, 0) is 60.3 Å². The van der Waals surface area contributed by atoms with Crippen LogP contribution in [0.15, 0.2) is 0 Å². The molecular weight excluding hydrogens is 416 g/mol. The molecule has 1 fully saturated rings. The fraction of sp³-hybridized carbons (Fsp3) is 0.826. The number of carbonyl (C=O) groups excluding carboxylic acids is 4. The average molecular weight is 457 g/mol. The van der Waals surface area contributed by atoms with Crippen LogP contribution in [0.25, 0.3) is 0 Å². The van der Waals surface area contributed by atoms with E-state index in [1.165, 1.54) is 18.9 Å². The Morgan fingerprint density at radius 3 is 1.91 bits per heavy atom. The number of carbonyl (C=O) groups is 4. The average Bonchev–Trinajstić information content (AvgIpc) is 2.97. The first kappa shape index (κ1) is 27.7. The van der Waals surface area contributed by atoms with Crippen LogP contribution in [0.2, 0.25) is 0 Å². The van der Waals surface area contributed by atoms with Crippen molar-refractivity contribution < 1.29 is 33.4 Å². The van der Waals surface area contributed by atoms with Crippen molar-refractivity contribution in [1.82, 2.24) is 10.2 Å². The molecule has 1 aliphatic heterocycles. The number of hydrogen-bond acceptors (Lipinski definition) is 7. The summed E-state index contributed by atoms with van der Waals surface area (Å²) in [6.45, 7) is 15.7. The first-order valence-electron chi connectivity index (χ1n) is 11.1. The van der Waals surface area contributed by atoms with Crippen LogP contribution in [-0.4, -0.2) is 65.3 Å². The van der Waals surface area contributed by atoms with Crippen LogP contribution in [0, 0.1) is 11.8 Å². The second-order valence-corrected chi connectivity index (χ2v) is 10.7. The normalized spacial score (nSPS) is 22.3. The van der Waals surface area contributed by atoms with Gasteiger partial charge in [-0.2, -0.15) is 0 Å². The molecule has 0 aliphatic carbocycles. The first-order chi connectivity index (χ1) is 14.5. The smallest absolute Gasteiger partial charge is 0.411 e. The third-order valence-corrected chi connectivity index (χ3v) is 4.86. The molecule has 9 heteroatoms. The Bertz CT molecular complexity index is 706. The minimum Gasteiger partial charge on any atom is -0.469 e. The Balaban J connectivity index is 3.57. The lowest BCUT2D eigenvalue weighted by atomic mass is 9.88. The summed E-state index contributed by atoms with van der Waals surface area (Å²) in [6.07, 6.45) is -0.249. The van der Waals surface area contributed by atoms with Gasteiger partial charge in [0, 0.05) is 6.92 Å². The second-order valence-electron chi connectivity index (χ2n) is 10.7. The third kappa shape index (κ3) is 7.98. The molecule has 2 amide bonds. The summed E-state index contributed by atoms with van der Waals surface area (Å²) < 4.78 is 16.2. The SMILES string of the molecule is COC(=O)[C@@H]1CC(C(=O)OC(C)(C)C)N(C(=O)OC(C)(C)C)[C@H]1[C@H](CC(C)C)NC(C)=O. The van der Waals surface area contributed by atoms with Gasteiger partial charge in [-0.3, -0.25) is 14.5 Å². The van der Waals surface area contributed by atoms with Crippen molar-refractivity contribution in [3.8, 4) is 0 Å². The molecule has 4 atom stereocenters. The fourth-order valence-electron chi connectivity index (χ4n) is 3.95. The molecule has 0 saturated carbocycles. The summed E-state index contributed by atoms with van der Waals surface area (Å²) in [6, 6.07) is -2.47. The second kappa shape index (κ2) is 10.5. The highest BCUT2D eigenvalue weighted by atomic mass is 16.6. The molecule has 0 radical (unpaired) electrons. The molecule has 1 aliphatic rings. The van der Waals surface area contributed by atoms with E-state index in [0.29, 0.717) is 6.42 Å². The van der Waals surface area contributed by atoms with Crippen molar-refractivity contribution in [1.29, 1.82) is 0 Å². The summed E-state index contributed by atoms with van der Waals surface area (Å²) in [4.78, 5) is 52.4. The highest BCUT2D eigenvalue weighted by Crippen LogP contribution is 2.37. The predicted octanol–water partition coefficient (Wildman–Crippen LogP) is 3.05. The molecule has 184 valence electrons. The van der Waals surface area contributed by atoms with E-state index in [4.69, 9.17) is 14.2 Å². The van der Waals surface area contributed by atoms with E-state index in [1.807, 2.05) is 13.8 Å². The first-order valence-corrected chi connectivity index (χ1v) is 11.1. The van der Waals surface area contributed by atoms with Crippen molar-refractivity contribution in [2.45, 2.75) is 104 Å². The Hall–Kier alpha value is -2.32. The predicted molar refractivity (Wildman–Crippen MR) is 119 cm³/mol. The van der Waals surface area contributed by atoms with Crippen LogP contribution >= 0.6 is 0 Å². The number of esters is 2. The molecule has 32 heavy (non-hydrogen) atoms. The lowest BCUT2D eigenvalue weighted by Gasteiger charge is -2.37. The van der Waals surface area contributed by atoms with Gasteiger partial charge in [0.15, 0.2) is 0 Å². The highest BCUT2D eigenvalue weighted by Gasteiger charge is 2.55. The van der Waals surface area contributed by atoms with Crippen LogP contribution < -0.4 is 5.32 Å². The summed E-state index contributed by atoms with van der Waals surface area (Å²) in [5.74, 6) is -2.18. The molecule has 1 heterocycles. The van der Waals surface area contributed by atoms with Gasteiger partial charge in [0.2, 0.25) is 5.91 Å². The van der Waals surface area contributed by atoms with Crippen LogP contribution in [0.5, 0.6) is 0 Å². The number of hydrogen-bond donors (Lipinski definition) is 1. The number of ether oxygens (including phenoxy) is 3. The molecule has 0 aromatic rings. The molecule has 0 spiro atoms. The van der Waals surface area contributed by atoms with Crippen molar-refractivity contribution in [3.05, 3.63) is 0 Å². The standard InChI is InChI=1S/C23H40N2O7/c1-13(2)11-16(24-14(3)26)18-15(19(27)30-10)12-17(20(28)31-22(4,5)6)25(18)21(29)32-23(7,8)9/h13,15-18H,11-12H2,1-10H3,(H,24,26)/t15-,16+,17?,18-/m1/s1. The summed E-state index contributed by atoms with van der Waals surface area (Å²) in [5, 5.41) is 2.87. The van der Waals surface area contributed by atoms with Crippen molar-refractivity contribution in [3.63, 3.8) is 0 Å². The van der Waals surface area contributed by atoms with E-state index in [0.717, 1.165) is 0 Å².